The lowest BCUT2D eigenvalue weighted by molar-refractivity contribution is 0.158. The van der Waals surface area contributed by atoms with E-state index in [-0.39, 0.29) is 17.9 Å². The van der Waals surface area contributed by atoms with E-state index in [2.05, 4.69) is 0 Å². The Balaban J connectivity index is 2.10. The van der Waals surface area contributed by atoms with Gasteiger partial charge in [0.1, 0.15) is 5.82 Å². The Hall–Kier alpha value is -1.58. The highest BCUT2D eigenvalue weighted by Crippen LogP contribution is 2.23. The summed E-state index contributed by atoms with van der Waals surface area (Å²) < 4.78 is 13.7. The maximum Gasteiger partial charge on any atom is 0.320 e. The van der Waals surface area contributed by atoms with Crippen molar-refractivity contribution < 1.29 is 9.18 Å². The van der Waals surface area contributed by atoms with Crippen molar-refractivity contribution in [3.63, 3.8) is 0 Å². The molecule has 0 saturated carbocycles. The minimum absolute atomic E-state index is 0.0109. The zero-order valence-electron chi connectivity index (χ0n) is 10.9. The van der Waals surface area contributed by atoms with E-state index in [9.17, 15) is 9.18 Å². The molecule has 18 heavy (non-hydrogen) atoms. The van der Waals surface area contributed by atoms with E-state index in [1.165, 1.54) is 6.07 Å². The summed E-state index contributed by atoms with van der Waals surface area (Å²) in [6.07, 6.45) is 2.13. The van der Waals surface area contributed by atoms with Gasteiger partial charge in [0.25, 0.3) is 0 Å². The fourth-order valence-electron chi connectivity index (χ4n) is 2.32. The van der Waals surface area contributed by atoms with Crippen molar-refractivity contribution >= 4 is 6.03 Å². The number of hydrogen-bond donors (Lipinski definition) is 0. The Bertz CT molecular complexity index is 430. The maximum absolute atomic E-state index is 13.7. The van der Waals surface area contributed by atoms with Crippen LogP contribution in [0.4, 0.5) is 9.18 Å². The van der Waals surface area contributed by atoms with E-state index in [0.29, 0.717) is 5.56 Å². The van der Waals surface area contributed by atoms with Gasteiger partial charge >= 0.3 is 6.03 Å². The number of halogens is 1. The van der Waals surface area contributed by atoms with Crippen LogP contribution in [0.5, 0.6) is 0 Å². The summed E-state index contributed by atoms with van der Waals surface area (Å²) in [5.41, 5.74) is 0.563. The van der Waals surface area contributed by atoms with Crippen LogP contribution in [0.1, 0.15) is 31.4 Å². The molecular formula is C14H19FN2O. The smallest absolute Gasteiger partial charge is 0.320 e. The van der Waals surface area contributed by atoms with Gasteiger partial charge in [0.2, 0.25) is 0 Å². The largest absolute Gasteiger partial charge is 0.325 e. The maximum atomic E-state index is 13.7. The summed E-state index contributed by atoms with van der Waals surface area (Å²) >= 11 is 0. The topological polar surface area (TPSA) is 23.6 Å². The first-order valence-corrected chi connectivity index (χ1v) is 6.37. The minimum Gasteiger partial charge on any atom is -0.325 e. The van der Waals surface area contributed by atoms with Gasteiger partial charge in [-0.3, -0.25) is 0 Å². The van der Waals surface area contributed by atoms with Crippen LogP contribution < -0.4 is 0 Å². The Morgan fingerprint density at radius 1 is 1.33 bits per heavy atom. The van der Waals surface area contributed by atoms with Crippen LogP contribution in [0.15, 0.2) is 24.3 Å². The van der Waals surface area contributed by atoms with Crippen LogP contribution in [0.2, 0.25) is 0 Å². The minimum atomic E-state index is -0.258. The molecule has 1 heterocycles. The normalized spacial score (nSPS) is 16.7. The van der Waals surface area contributed by atoms with Crippen LogP contribution in [0.3, 0.4) is 0 Å². The fraction of sp³-hybridized carbons (Fsp3) is 0.500. The Morgan fingerprint density at radius 3 is 2.56 bits per heavy atom. The van der Waals surface area contributed by atoms with E-state index in [1.54, 1.807) is 30.1 Å². The number of carbonyl (C=O) groups is 1. The monoisotopic (exact) mass is 250 g/mol. The first-order chi connectivity index (χ1) is 8.61. The Kier molecular flexibility index (Phi) is 3.84. The van der Waals surface area contributed by atoms with Crippen LogP contribution in [0, 0.1) is 5.82 Å². The number of urea groups is 1. The van der Waals surface area contributed by atoms with Crippen LogP contribution in [-0.2, 0) is 0 Å². The van der Waals surface area contributed by atoms with Gasteiger partial charge < -0.3 is 9.80 Å². The van der Waals surface area contributed by atoms with Crippen LogP contribution in [0.25, 0.3) is 0 Å². The molecular weight excluding hydrogens is 231 g/mol. The average Bonchev–Trinajstić information content (AvgIpc) is 2.90. The Labute approximate surface area is 107 Å². The quantitative estimate of drug-likeness (QED) is 0.791. The van der Waals surface area contributed by atoms with E-state index >= 15 is 0 Å². The van der Waals surface area contributed by atoms with Crippen molar-refractivity contribution in [2.24, 2.45) is 0 Å². The molecule has 0 N–H and O–H groups in total. The zero-order chi connectivity index (χ0) is 13.1. The molecule has 98 valence electrons. The summed E-state index contributed by atoms with van der Waals surface area (Å²) in [4.78, 5) is 15.6. The number of benzene rings is 1. The van der Waals surface area contributed by atoms with Crippen molar-refractivity contribution in [1.29, 1.82) is 0 Å². The lowest BCUT2D eigenvalue weighted by atomic mass is 10.1. The van der Waals surface area contributed by atoms with E-state index < -0.39 is 0 Å². The third kappa shape index (κ3) is 2.47. The number of nitrogens with zero attached hydrogens (tertiary/aromatic N) is 2. The second-order valence-corrected chi connectivity index (χ2v) is 4.79. The van der Waals surface area contributed by atoms with Crippen molar-refractivity contribution in [2.75, 3.05) is 20.1 Å². The predicted molar refractivity (Wildman–Crippen MR) is 68.8 cm³/mol. The molecule has 3 nitrogen and oxygen atoms in total. The zero-order valence-corrected chi connectivity index (χ0v) is 10.9. The van der Waals surface area contributed by atoms with E-state index in [4.69, 9.17) is 0 Å². The molecule has 4 heteroatoms. The second kappa shape index (κ2) is 5.38. The molecule has 0 spiro atoms. The van der Waals surface area contributed by atoms with Crippen molar-refractivity contribution in [2.45, 2.75) is 25.8 Å². The van der Waals surface area contributed by atoms with E-state index in [0.717, 1.165) is 25.9 Å². The standard InChI is InChI=1S/C14H19FN2O/c1-11(12-7-3-4-8-13(12)15)16(2)14(18)17-9-5-6-10-17/h3-4,7-8,11H,5-6,9-10H2,1-2H3. The second-order valence-electron chi connectivity index (χ2n) is 4.79. The molecule has 2 amide bonds. The molecule has 1 fully saturated rings. The summed E-state index contributed by atoms with van der Waals surface area (Å²) in [6, 6.07) is 6.35. The van der Waals surface area contributed by atoms with E-state index in [1.807, 2.05) is 11.8 Å². The van der Waals surface area contributed by atoms with Crippen LogP contribution in [-0.4, -0.2) is 36.0 Å². The van der Waals surface area contributed by atoms with Gasteiger partial charge in [0, 0.05) is 25.7 Å². The Morgan fingerprint density at radius 2 is 1.94 bits per heavy atom. The van der Waals surface area contributed by atoms with Crippen molar-refractivity contribution in [1.82, 2.24) is 9.80 Å². The third-order valence-electron chi connectivity index (χ3n) is 3.61. The summed E-state index contributed by atoms with van der Waals surface area (Å²) in [5.74, 6) is -0.258. The van der Waals surface area contributed by atoms with Gasteiger partial charge in [-0.2, -0.15) is 0 Å². The summed E-state index contributed by atoms with van der Waals surface area (Å²) in [6.45, 7) is 3.48. The number of likely N-dealkylation sites (tertiary alicyclic amines) is 1. The molecule has 2 rings (SSSR count). The molecule has 1 saturated heterocycles. The van der Waals surface area contributed by atoms with Gasteiger partial charge in [-0.15, -0.1) is 0 Å². The molecule has 0 bridgehead atoms. The van der Waals surface area contributed by atoms with Crippen LogP contribution >= 0.6 is 0 Å². The number of amides is 2. The van der Waals surface area contributed by atoms with Crippen molar-refractivity contribution in [3.8, 4) is 0 Å². The molecule has 0 aliphatic carbocycles. The molecule has 1 aliphatic heterocycles. The fourth-order valence-corrected chi connectivity index (χ4v) is 2.32. The summed E-state index contributed by atoms with van der Waals surface area (Å²) in [5, 5.41) is 0. The highest BCUT2D eigenvalue weighted by atomic mass is 19.1. The van der Waals surface area contributed by atoms with Crippen molar-refractivity contribution in [3.05, 3.63) is 35.6 Å². The average molecular weight is 250 g/mol. The SMILES string of the molecule is CC(c1ccccc1F)N(C)C(=O)N1CCCC1. The molecule has 1 atom stereocenters. The first-order valence-electron chi connectivity index (χ1n) is 6.37. The molecule has 1 aliphatic rings. The van der Waals surface area contributed by atoms with Gasteiger partial charge in [-0.05, 0) is 25.8 Å². The molecule has 1 unspecified atom stereocenters. The lowest BCUT2D eigenvalue weighted by Crippen LogP contribution is -2.40. The molecule has 0 aromatic heterocycles. The first kappa shape index (κ1) is 12.9. The number of rotatable bonds is 2. The van der Waals surface area contributed by atoms with Gasteiger partial charge in [-0.1, -0.05) is 18.2 Å². The molecule has 1 aromatic rings. The van der Waals surface area contributed by atoms with Gasteiger partial charge in [-0.25, -0.2) is 9.18 Å². The number of hydrogen-bond acceptors (Lipinski definition) is 1. The highest BCUT2D eigenvalue weighted by molar-refractivity contribution is 5.75. The predicted octanol–water partition coefficient (Wildman–Crippen LogP) is 3.03. The molecule has 1 aromatic carbocycles. The third-order valence-corrected chi connectivity index (χ3v) is 3.61. The van der Waals surface area contributed by atoms with Gasteiger partial charge in [0.15, 0.2) is 0 Å². The van der Waals surface area contributed by atoms with Gasteiger partial charge in [0.05, 0.1) is 6.04 Å². The lowest BCUT2D eigenvalue weighted by Gasteiger charge is -2.29. The number of carbonyl (C=O) groups excluding carboxylic acids is 1. The molecule has 0 radical (unpaired) electrons. The summed E-state index contributed by atoms with van der Waals surface area (Å²) in [7, 11) is 1.73. The highest BCUT2D eigenvalue weighted by Gasteiger charge is 2.25.